The van der Waals surface area contributed by atoms with Gasteiger partial charge in [-0.2, -0.15) is 0 Å². The number of hydrogen-bond donors (Lipinski definition) is 2. The number of amides is 1. The van der Waals surface area contributed by atoms with Gasteiger partial charge in [-0.1, -0.05) is 13.8 Å². The molecule has 5 nitrogen and oxygen atoms in total. The molecule has 1 rings (SSSR count). The van der Waals surface area contributed by atoms with E-state index in [9.17, 15) is 4.79 Å². The standard InChI is InChI=1S/C15H32N4O/c1-12(2)17-14(15(16)20)7-10-19(4)11-13-5-8-18(3)9-6-13/h12-14,17H,5-11H2,1-4H3,(H2,16,20). The third-order valence-electron chi connectivity index (χ3n) is 4.09. The monoisotopic (exact) mass is 284 g/mol. The minimum Gasteiger partial charge on any atom is -0.368 e. The number of nitrogens with two attached hydrogens (primary N) is 1. The molecule has 0 spiro atoms. The molecule has 1 aliphatic rings. The zero-order chi connectivity index (χ0) is 15.1. The van der Waals surface area contributed by atoms with Crippen molar-refractivity contribution in [2.45, 2.75) is 45.2 Å². The Morgan fingerprint density at radius 1 is 1.40 bits per heavy atom. The van der Waals surface area contributed by atoms with Crippen molar-refractivity contribution in [3.8, 4) is 0 Å². The van der Waals surface area contributed by atoms with E-state index in [1.165, 1.54) is 25.9 Å². The van der Waals surface area contributed by atoms with E-state index in [2.05, 4.69) is 29.2 Å². The van der Waals surface area contributed by atoms with E-state index in [4.69, 9.17) is 5.73 Å². The van der Waals surface area contributed by atoms with Crippen molar-refractivity contribution in [2.75, 3.05) is 40.3 Å². The summed E-state index contributed by atoms with van der Waals surface area (Å²) in [6.45, 7) is 8.53. The van der Waals surface area contributed by atoms with Crippen LogP contribution in [0.25, 0.3) is 0 Å². The zero-order valence-electron chi connectivity index (χ0n) is 13.6. The Balaban J connectivity index is 2.27. The molecule has 1 atom stereocenters. The molecule has 1 amide bonds. The van der Waals surface area contributed by atoms with Crippen LogP contribution in [0.3, 0.4) is 0 Å². The van der Waals surface area contributed by atoms with Crippen LogP contribution in [-0.4, -0.2) is 68.1 Å². The molecule has 3 N–H and O–H groups in total. The van der Waals surface area contributed by atoms with E-state index in [-0.39, 0.29) is 18.0 Å². The molecule has 0 bridgehead atoms. The summed E-state index contributed by atoms with van der Waals surface area (Å²) in [5, 5.41) is 3.24. The molecule has 0 saturated carbocycles. The van der Waals surface area contributed by atoms with Crippen LogP contribution >= 0.6 is 0 Å². The van der Waals surface area contributed by atoms with E-state index in [1.807, 2.05) is 13.8 Å². The van der Waals surface area contributed by atoms with E-state index >= 15 is 0 Å². The molecule has 0 aromatic rings. The average molecular weight is 284 g/mol. The highest BCUT2D eigenvalue weighted by atomic mass is 16.1. The molecular weight excluding hydrogens is 252 g/mol. The Bertz CT molecular complexity index is 288. The maximum absolute atomic E-state index is 11.4. The molecule has 1 saturated heterocycles. The normalized spacial score (nSPS) is 19.7. The Kier molecular flexibility index (Phi) is 7.48. The first-order valence-corrected chi connectivity index (χ1v) is 7.81. The number of primary amides is 1. The zero-order valence-corrected chi connectivity index (χ0v) is 13.6. The minimum absolute atomic E-state index is 0.213. The van der Waals surface area contributed by atoms with Crippen molar-refractivity contribution in [2.24, 2.45) is 11.7 Å². The fourth-order valence-electron chi connectivity index (χ4n) is 2.84. The second-order valence-electron chi connectivity index (χ2n) is 6.57. The van der Waals surface area contributed by atoms with Gasteiger partial charge in [0.2, 0.25) is 5.91 Å². The Morgan fingerprint density at radius 3 is 2.50 bits per heavy atom. The Morgan fingerprint density at radius 2 is 2.00 bits per heavy atom. The van der Waals surface area contributed by atoms with Crippen LogP contribution in [0.5, 0.6) is 0 Å². The van der Waals surface area contributed by atoms with Crippen LogP contribution in [-0.2, 0) is 4.79 Å². The van der Waals surface area contributed by atoms with Gasteiger partial charge in [-0.25, -0.2) is 0 Å². The van der Waals surface area contributed by atoms with E-state index in [0.717, 1.165) is 25.4 Å². The van der Waals surface area contributed by atoms with Gasteiger partial charge in [0, 0.05) is 12.6 Å². The second kappa shape index (κ2) is 8.60. The lowest BCUT2D eigenvalue weighted by Crippen LogP contribution is -2.46. The van der Waals surface area contributed by atoms with E-state index in [0.29, 0.717) is 0 Å². The summed E-state index contributed by atoms with van der Waals surface area (Å²) < 4.78 is 0. The maximum Gasteiger partial charge on any atom is 0.234 e. The molecule has 1 unspecified atom stereocenters. The summed E-state index contributed by atoms with van der Waals surface area (Å²) in [6, 6.07) is 0.0710. The van der Waals surface area contributed by atoms with Gasteiger partial charge in [-0.15, -0.1) is 0 Å². The van der Waals surface area contributed by atoms with Gasteiger partial charge in [-0.3, -0.25) is 4.79 Å². The van der Waals surface area contributed by atoms with Crippen molar-refractivity contribution in [1.82, 2.24) is 15.1 Å². The highest BCUT2D eigenvalue weighted by Crippen LogP contribution is 2.16. The summed E-state index contributed by atoms with van der Waals surface area (Å²) in [6.07, 6.45) is 3.35. The first-order valence-electron chi connectivity index (χ1n) is 7.81. The lowest BCUT2D eigenvalue weighted by molar-refractivity contribution is -0.120. The molecule has 1 heterocycles. The molecule has 1 fully saturated rings. The van der Waals surface area contributed by atoms with Crippen LogP contribution < -0.4 is 11.1 Å². The molecular formula is C15H32N4O. The molecule has 0 aromatic carbocycles. The Labute approximate surface area is 123 Å². The Hall–Kier alpha value is -0.650. The number of carbonyl (C=O) groups excluding carboxylic acids is 1. The summed E-state index contributed by atoms with van der Waals surface area (Å²) in [7, 11) is 4.33. The van der Waals surface area contributed by atoms with Crippen molar-refractivity contribution in [1.29, 1.82) is 0 Å². The number of rotatable bonds is 8. The highest BCUT2D eigenvalue weighted by molar-refractivity contribution is 5.79. The van der Waals surface area contributed by atoms with Gasteiger partial charge in [0.1, 0.15) is 0 Å². The van der Waals surface area contributed by atoms with Crippen LogP contribution in [0.1, 0.15) is 33.1 Å². The molecule has 1 aliphatic heterocycles. The lowest BCUT2D eigenvalue weighted by Gasteiger charge is -2.32. The summed E-state index contributed by atoms with van der Waals surface area (Å²) in [5.41, 5.74) is 5.45. The number of hydrogen-bond acceptors (Lipinski definition) is 4. The number of nitrogens with zero attached hydrogens (tertiary/aromatic N) is 2. The first kappa shape index (κ1) is 17.4. The largest absolute Gasteiger partial charge is 0.368 e. The maximum atomic E-state index is 11.4. The third-order valence-corrected chi connectivity index (χ3v) is 4.09. The van der Waals surface area contributed by atoms with Crippen LogP contribution in [0.4, 0.5) is 0 Å². The van der Waals surface area contributed by atoms with Gasteiger partial charge >= 0.3 is 0 Å². The van der Waals surface area contributed by atoms with Gasteiger partial charge in [0.05, 0.1) is 6.04 Å². The van der Waals surface area contributed by atoms with Crippen LogP contribution in [0.15, 0.2) is 0 Å². The number of nitrogens with one attached hydrogen (secondary N) is 1. The second-order valence-corrected chi connectivity index (χ2v) is 6.57. The summed E-state index contributed by atoms with van der Waals surface area (Å²) in [5.74, 6) is 0.549. The smallest absolute Gasteiger partial charge is 0.234 e. The minimum atomic E-state index is -0.244. The van der Waals surface area contributed by atoms with Gasteiger partial charge in [-0.05, 0) is 58.9 Å². The first-order chi connectivity index (χ1) is 9.38. The van der Waals surface area contributed by atoms with Crippen molar-refractivity contribution in [3.63, 3.8) is 0 Å². The quantitative estimate of drug-likeness (QED) is 0.681. The van der Waals surface area contributed by atoms with Gasteiger partial charge in [0.25, 0.3) is 0 Å². The van der Waals surface area contributed by atoms with Crippen molar-refractivity contribution >= 4 is 5.91 Å². The van der Waals surface area contributed by atoms with Crippen LogP contribution in [0.2, 0.25) is 0 Å². The number of likely N-dealkylation sites (tertiary alicyclic amines) is 1. The average Bonchev–Trinajstić information content (AvgIpc) is 2.36. The van der Waals surface area contributed by atoms with Crippen molar-refractivity contribution < 1.29 is 4.79 Å². The lowest BCUT2D eigenvalue weighted by atomic mass is 9.96. The molecule has 20 heavy (non-hydrogen) atoms. The highest BCUT2D eigenvalue weighted by Gasteiger charge is 2.20. The topological polar surface area (TPSA) is 61.6 Å². The van der Waals surface area contributed by atoms with E-state index in [1.54, 1.807) is 0 Å². The predicted octanol–water partition coefficient (Wildman–Crippen LogP) is 0.502. The molecule has 118 valence electrons. The fraction of sp³-hybridized carbons (Fsp3) is 0.933. The summed E-state index contributed by atoms with van der Waals surface area (Å²) >= 11 is 0. The SMILES string of the molecule is CC(C)NC(CCN(C)CC1CCN(C)CC1)C(N)=O. The fourth-order valence-corrected chi connectivity index (χ4v) is 2.84. The number of carbonyl (C=O) groups is 1. The molecule has 5 heteroatoms. The van der Waals surface area contributed by atoms with Gasteiger partial charge < -0.3 is 20.9 Å². The van der Waals surface area contributed by atoms with Crippen LogP contribution in [0, 0.1) is 5.92 Å². The molecule has 0 aromatic heterocycles. The van der Waals surface area contributed by atoms with Crippen molar-refractivity contribution in [3.05, 3.63) is 0 Å². The summed E-state index contributed by atoms with van der Waals surface area (Å²) in [4.78, 5) is 16.1. The molecule has 0 aliphatic carbocycles. The van der Waals surface area contributed by atoms with E-state index < -0.39 is 0 Å². The number of piperidine rings is 1. The predicted molar refractivity (Wildman–Crippen MR) is 83.6 cm³/mol. The third kappa shape index (κ3) is 6.68. The molecule has 0 radical (unpaired) electrons. The van der Waals surface area contributed by atoms with Gasteiger partial charge in [0.15, 0.2) is 0 Å².